The van der Waals surface area contributed by atoms with Crippen molar-refractivity contribution in [1.29, 1.82) is 0 Å². The van der Waals surface area contributed by atoms with E-state index in [1.165, 1.54) is 32.1 Å². The Morgan fingerprint density at radius 1 is 0.824 bits per heavy atom. The third-order valence-corrected chi connectivity index (χ3v) is 1.49. The Kier molecular flexibility index (Phi) is 33.7. The van der Waals surface area contributed by atoms with Gasteiger partial charge in [-0.1, -0.05) is 39.0 Å². The minimum Gasteiger partial charge on any atom is -0.689 e. The smallest absolute Gasteiger partial charge is 0.689 e. The number of rotatable bonds is 10. The van der Waals surface area contributed by atoms with Gasteiger partial charge in [0, 0.05) is 0 Å². The van der Waals surface area contributed by atoms with Crippen molar-refractivity contribution in [2.24, 2.45) is 0 Å². The fourth-order valence-electron chi connectivity index (χ4n) is 0.826. The van der Waals surface area contributed by atoms with Gasteiger partial charge in [0.2, 0.25) is 0 Å². The first-order chi connectivity index (χ1) is 7.83. The zero-order valence-corrected chi connectivity index (χ0v) is 11.3. The standard InChI is InChI=1S/C8H17.Mg.H2O8/c1-3-5-7-8-6-4-2;;1-3-5-7-8-6-4-2/h1,3-8H2,2H3;;1-2H/q-1;+2;/p-2. The van der Waals surface area contributed by atoms with Crippen LogP contribution in [0.4, 0.5) is 0 Å². The van der Waals surface area contributed by atoms with Crippen LogP contribution in [-0.2, 0) is 30.2 Å². The summed E-state index contributed by atoms with van der Waals surface area (Å²) in [5.74, 6) is 0. The van der Waals surface area contributed by atoms with Crippen molar-refractivity contribution in [3.63, 3.8) is 0 Å². The summed E-state index contributed by atoms with van der Waals surface area (Å²) in [6.45, 7) is 6.02. The third-order valence-electron chi connectivity index (χ3n) is 1.49. The molecular formula is C8H17MgO8-. The fourth-order valence-corrected chi connectivity index (χ4v) is 0.826. The van der Waals surface area contributed by atoms with Crippen molar-refractivity contribution in [1.82, 2.24) is 0 Å². The zero-order chi connectivity index (χ0) is 12.5. The van der Waals surface area contributed by atoms with Crippen LogP contribution in [0.25, 0.3) is 0 Å². The van der Waals surface area contributed by atoms with Gasteiger partial charge < -0.3 is 17.4 Å². The molecule has 0 heterocycles. The van der Waals surface area contributed by atoms with Crippen molar-refractivity contribution >= 4 is 23.1 Å². The molecule has 0 unspecified atom stereocenters. The van der Waals surface area contributed by atoms with Gasteiger partial charge >= 0.3 is 23.1 Å². The van der Waals surface area contributed by atoms with Gasteiger partial charge in [-0.05, 0) is 20.2 Å². The minimum atomic E-state index is 0. The Labute approximate surface area is 116 Å². The molecule has 0 spiro atoms. The van der Waals surface area contributed by atoms with E-state index in [1.807, 2.05) is 0 Å². The SMILES string of the molecule is [CH2-]CCCCCCC.[Mg+2].[O-]OOOOOO[O-]. The molecule has 0 aliphatic heterocycles. The Bertz CT molecular complexity index is 83.5. The van der Waals surface area contributed by atoms with Gasteiger partial charge in [-0.3, -0.25) is 10.1 Å². The minimum absolute atomic E-state index is 0. The second-order valence-corrected chi connectivity index (χ2v) is 2.68. The van der Waals surface area contributed by atoms with Gasteiger partial charge in [-0.15, -0.1) is 0 Å². The summed E-state index contributed by atoms with van der Waals surface area (Å²) in [7, 11) is 0. The molecule has 0 radical (unpaired) electrons. The van der Waals surface area contributed by atoms with E-state index >= 15 is 0 Å². The molecule has 0 atom stereocenters. The molecule has 0 saturated carbocycles. The van der Waals surface area contributed by atoms with Crippen LogP contribution in [0, 0.1) is 6.92 Å². The van der Waals surface area contributed by atoms with Crippen LogP contribution in [0.3, 0.4) is 0 Å². The van der Waals surface area contributed by atoms with Crippen molar-refractivity contribution < 1.29 is 40.7 Å². The zero-order valence-electron chi connectivity index (χ0n) is 9.92. The summed E-state index contributed by atoms with van der Waals surface area (Å²) >= 11 is 0. The monoisotopic (exact) mass is 265 g/mol. The number of hydrogen-bond donors (Lipinski definition) is 0. The molecule has 0 aromatic rings. The summed E-state index contributed by atoms with van der Waals surface area (Å²) in [5.41, 5.74) is 0. The van der Waals surface area contributed by atoms with Crippen LogP contribution >= 0.6 is 0 Å². The van der Waals surface area contributed by atoms with Gasteiger partial charge in [0.05, 0.1) is 0 Å². The van der Waals surface area contributed by atoms with Gasteiger partial charge in [-0.25, -0.2) is 0 Å². The molecule has 0 bridgehead atoms. The molecule has 0 aromatic heterocycles. The summed E-state index contributed by atoms with van der Waals surface area (Å²) < 4.78 is 0. The van der Waals surface area contributed by atoms with Crippen LogP contribution < -0.4 is 10.5 Å². The van der Waals surface area contributed by atoms with Crippen LogP contribution in [0.5, 0.6) is 0 Å². The molecule has 9 heteroatoms. The predicted molar refractivity (Wildman–Crippen MR) is 51.0 cm³/mol. The van der Waals surface area contributed by atoms with E-state index in [0.29, 0.717) is 0 Å². The maximum absolute atomic E-state index is 8.79. The molecule has 8 nitrogen and oxygen atoms in total. The van der Waals surface area contributed by atoms with Gasteiger partial charge in [0.1, 0.15) is 0 Å². The van der Waals surface area contributed by atoms with E-state index in [1.54, 1.807) is 0 Å². The van der Waals surface area contributed by atoms with Crippen molar-refractivity contribution in [2.45, 2.75) is 45.4 Å². The largest absolute Gasteiger partial charge is 2.00 e. The van der Waals surface area contributed by atoms with Gasteiger partial charge in [0.25, 0.3) is 0 Å². The molecule has 17 heavy (non-hydrogen) atoms. The summed E-state index contributed by atoms with van der Waals surface area (Å²) in [6.07, 6.45) is 7.98. The average Bonchev–Trinajstić information content (AvgIpc) is 2.31. The van der Waals surface area contributed by atoms with E-state index in [2.05, 4.69) is 44.1 Å². The van der Waals surface area contributed by atoms with Gasteiger partial charge in [-0.2, -0.15) is 6.42 Å². The van der Waals surface area contributed by atoms with Crippen LogP contribution in [0.1, 0.15) is 45.4 Å². The molecule has 0 aliphatic carbocycles. The van der Waals surface area contributed by atoms with E-state index < -0.39 is 0 Å². The summed E-state index contributed by atoms with van der Waals surface area (Å²) in [6, 6.07) is 0. The quantitative estimate of drug-likeness (QED) is 0.179. The molecule has 0 amide bonds. The summed E-state index contributed by atoms with van der Waals surface area (Å²) in [5, 5.41) is 35.0. The van der Waals surface area contributed by atoms with E-state index in [9.17, 15) is 0 Å². The Morgan fingerprint density at radius 3 is 1.65 bits per heavy atom. The number of hydrogen-bond acceptors (Lipinski definition) is 8. The van der Waals surface area contributed by atoms with Crippen LogP contribution in [0.15, 0.2) is 0 Å². The Balaban J connectivity index is -0.000000218. The number of unbranched alkanes of at least 4 members (excludes halogenated alkanes) is 5. The van der Waals surface area contributed by atoms with E-state index in [-0.39, 0.29) is 23.1 Å². The molecule has 0 N–H and O–H groups in total. The predicted octanol–water partition coefficient (Wildman–Crippen LogP) is 0.0118. The first kappa shape index (κ1) is 22.6. The van der Waals surface area contributed by atoms with Crippen molar-refractivity contribution in [2.75, 3.05) is 0 Å². The van der Waals surface area contributed by atoms with E-state index in [4.69, 9.17) is 10.5 Å². The molecule has 0 rings (SSSR count). The first-order valence-corrected chi connectivity index (χ1v) is 4.87. The van der Waals surface area contributed by atoms with Crippen molar-refractivity contribution in [3.05, 3.63) is 6.92 Å². The second kappa shape index (κ2) is 25.3. The normalized spacial score (nSPS) is 9.18. The molecule has 0 fully saturated rings. The second-order valence-electron chi connectivity index (χ2n) is 2.68. The van der Waals surface area contributed by atoms with Crippen LogP contribution in [0.2, 0.25) is 0 Å². The molecule has 100 valence electrons. The third kappa shape index (κ3) is 31.5. The molecule has 0 saturated heterocycles. The Morgan fingerprint density at radius 2 is 1.29 bits per heavy atom. The van der Waals surface area contributed by atoms with Crippen LogP contribution in [-0.4, -0.2) is 23.1 Å². The summed E-state index contributed by atoms with van der Waals surface area (Å²) in [4.78, 5) is 0. The molecular weight excluding hydrogens is 248 g/mol. The van der Waals surface area contributed by atoms with Crippen molar-refractivity contribution in [3.8, 4) is 0 Å². The molecule has 0 aliphatic rings. The van der Waals surface area contributed by atoms with E-state index in [0.717, 1.165) is 6.42 Å². The average molecular weight is 266 g/mol. The Hall–Kier alpha value is 0.446. The maximum atomic E-state index is 8.79. The van der Waals surface area contributed by atoms with Gasteiger partial charge in [0.15, 0.2) is 0 Å². The maximum Gasteiger partial charge on any atom is 2.00 e. The topological polar surface area (TPSA) is 102 Å². The molecule has 0 aromatic carbocycles. The first-order valence-electron chi connectivity index (χ1n) is 4.87. The fraction of sp³-hybridized carbons (Fsp3) is 0.875.